The van der Waals surface area contributed by atoms with Gasteiger partial charge in [-0.1, -0.05) is 6.07 Å². The molecule has 9 heteroatoms. The van der Waals surface area contributed by atoms with Crippen molar-refractivity contribution in [1.82, 2.24) is 24.6 Å². The number of nitrogens with zero attached hydrogens (tertiary/aromatic N) is 5. The number of halogens is 4. The summed E-state index contributed by atoms with van der Waals surface area (Å²) in [4.78, 5) is 5.89. The van der Waals surface area contributed by atoms with E-state index in [1.807, 2.05) is 25.1 Å². The molecule has 0 fully saturated rings. The van der Waals surface area contributed by atoms with E-state index in [9.17, 15) is 13.2 Å². The van der Waals surface area contributed by atoms with Crippen molar-refractivity contribution in [3.8, 4) is 5.69 Å². The number of rotatable bonds is 3. The lowest BCUT2D eigenvalue weighted by Crippen LogP contribution is -2.47. The third kappa shape index (κ3) is 3.81. The van der Waals surface area contributed by atoms with Crippen LogP contribution in [0.4, 0.5) is 13.2 Å². The minimum absolute atomic E-state index is 0.291. The summed E-state index contributed by atoms with van der Waals surface area (Å²) in [7, 11) is 0. The van der Waals surface area contributed by atoms with Gasteiger partial charge in [0.1, 0.15) is 12.7 Å². The maximum atomic E-state index is 13.3. The highest BCUT2D eigenvalue weighted by Crippen LogP contribution is 2.39. The van der Waals surface area contributed by atoms with Gasteiger partial charge in [0, 0.05) is 22.4 Å². The summed E-state index contributed by atoms with van der Waals surface area (Å²) in [5.74, 6) is 0. The lowest BCUT2D eigenvalue weighted by molar-refractivity contribution is -0.155. The predicted molar refractivity (Wildman–Crippen MR) is 101 cm³/mol. The van der Waals surface area contributed by atoms with Crippen molar-refractivity contribution in [1.29, 1.82) is 0 Å². The van der Waals surface area contributed by atoms with E-state index in [4.69, 9.17) is 0 Å². The van der Waals surface area contributed by atoms with Crippen molar-refractivity contribution >= 4 is 15.9 Å². The second-order valence-electron chi connectivity index (χ2n) is 6.90. The Balaban J connectivity index is 1.81. The van der Waals surface area contributed by atoms with Crippen LogP contribution in [0.5, 0.6) is 0 Å². The first-order valence-corrected chi connectivity index (χ1v) is 9.53. The van der Waals surface area contributed by atoms with Crippen LogP contribution in [-0.2, 0) is 6.42 Å². The van der Waals surface area contributed by atoms with Gasteiger partial charge in [0.25, 0.3) is 0 Å². The topological polar surface area (TPSA) is 46.8 Å². The number of hydrogen-bond donors (Lipinski definition) is 0. The van der Waals surface area contributed by atoms with Gasteiger partial charge in [-0.05, 0) is 64.7 Å². The molecule has 0 spiro atoms. The fourth-order valence-electron chi connectivity index (χ4n) is 3.73. The Labute approximate surface area is 168 Å². The molecule has 28 heavy (non-hydrogen) atoms. The van der Waals surface area contributed by atoms with Gasteiger partial charge in [-0.25, -0.2) is 0 Å². The van der Waals surface area contributed by atoms with Crippen LogP contribution in [0.25, 0.3) is 5.69 Å². The molecule has 1 aliphatic heterocycles. The van der Waals surface area contributed by atoms with Gasteiger partial charge in [0.2, 0.25) is 0 Å². The van der Waals surface area contributed by atoms with Crippen LogP contribution in [0.3, 0.4) is 0 Å². The van der Waals surface area contributed by atoms with Gasteiger partial charge in [0.15, 0.2) is 0 Å². The van der Waals surface area contributed by atoms with E-state index in [1.165, 1.54) is 4.90 Å². The predicted octanol–water partition coefficient (Wildman–Crippen LogP) is 4.32. The number of aromatic nitrogens is 4. The van der Waals surface area contributed by atoms with Crippen molar-refractivity contribution < 1.29 is 13.2 Å². The number of benzene rings is 1. The molecule has 4 rings (SSSR count). The summed E-state index contributed by atoms with van der Waals surface area (Å²) in [6.45, 7) is 0.842. The summed E-state index contributed by atoms with van der Waals surface area (Å²) in [6, 6.07) is 8.46. The lowest BCUT2D eigenvalue weighted by atomic mass is 9.86. The SMILES string of the molecule is C[C@@H]1Cc2cc(-n3cnnc3)ccc2[C@@H](c2ccc(Br)cn2)N1CC(F)(F)F. The minimum Gasteiger partial charge on any atom is -0.288 e. The molecule has 2 aromatic heterocycles. The molecule has 0 aliphatic carbocycles. The molecule has 0 unspecified atom stereocenters. The summed E-state index contributed by atoms with van der Waals surface area (Å²) in [6.07, 6.45) is 1.04. The maximum Gasteiger partial charge on any atom is 0.401 e. The van der Waals surface area contributed by atoms with Crippen molar-refractivity contribution in [2.45, 2.75) is 31.6 Å². The van der Waals surface area contributed by atoms with Crippen LogP contribution in [0.1, 0.15) is 29.8 Å². The molecule has 3 heterocycles. The molecule has 0 saturated heterocycles. The van der Waals surface area contributed by atoms with Crippen LogP contribution in [-0.4, -0.2) is 43.4 Å². The zero-order valence-corrected chi connectivity index (χ0v) is 16.5. The molecule has 0 radical (unpaired) electrons. The van der Waals surface area contributed by atoms with Gasteiger partial charge in [-0.2, -0.15) is 13.2 Å². The highest BCUT2D eigenvalue weighted by molar-refractivity contribution is 9.10. The molecule has 0 bridgehead atoms. The Kier molecular flexibility index (Phi) is 4.96. The quantitative estimate of drug-likeness (QED) is 0.594. The van der Waals surface area contributed by atoms with Crippen molar-refractivity contribution in [2.75, 3.05) is 6.54 Å². The minimum atomic E-state index is -4.29. The van der Waals surface area contributed by atoms with Crippen LogP contribution < -0.4 is 0 Å². The molecule has 1 aromatic carbocycles. The molecule has 0 saturated carbocycles. The summed E-state index contributed by atoms with van der Waals surface area (Å²) in [5, 5.41) is 7.63. The number of fused-ring (bicyclic) bond motifs is 1. The first kappa shape index (κ1) is 19.1. The molecule has 3 aromatic rings. The highest BCUT2D eigenvalue weighted by Gasteiger charge is 2.41. The van der Waals surface area contributed by atoms with Gasteiger partial charge < -0.3 is 0 Å². The third-order valence-electron chi connectivity index (χ3n) is 4.94. The van der Waals surface area contributed by atoms with Crippen LogP contribution in [0.2, 0.25) is 0 Å². The van der Waals surface area contributed by atoms with Crippen molar-refractivity contribution in [2.24, 2.45) is 0 Å². The van der Waals surface area contributed by atoms with Crippen LogP contribution >= 0.6 is 15.9 Å². The maximum absolute atomic E-state index is 13.3. The van der Waals surface area contributed by atoms with E-state index in [2.05, 4.69) is 31.1 Å². The summed E-state index contributed by atoms with van der Waals surface area (Å²) >= 11 is 3.34. The van der Waals surface area contributed by atoms with Gasteiger partial charge in [-0.15, -0.1) is 10.2 Å². The number of hydrogen-bond acceptors (Lipinski definition) is 4. The lowest BCUT2D eigenvalue weighted by Gasteiger charge is -2.42. The van der Waals surface area contributed by atoms with Crippen molar-refractivity contribution in [3.63, 3.8) is 0 Å². The van der Waals surface area contributed by atoms with E-state index in [0.717, 1.165) is 21.3 Å². The van der Waals surface area contributed by atoms with E-state index in [1.54, 1.807) is 35.6 Å². The fourth-order valence-corrected chi connectivity index (χ4v) is 3.97. The fraction of sp³-hybridized carbons (Fsp3) is 0.316. The number of alkyl halides is 3. The van der Waals surface area contributed by atoms with Crippen LogP contribution in [0, 0.1) is 0 Å². The van der Waals surface area contributed by atoms with E-state index >= 15 is 0 Å². The zero-order valence-electron chi connectivity index (χ0n) is 14.9. The third-order valence-corrected chi connectivity index (χ3v) is 5.41. The Bertz CT molecular complexity index is 957. The standard InChI is InChI=1S/C19H17BrF3N5/c1-12-6-13-7-15(27-10-25-26-11-27)3-4-16(13)18(28(12)9-19(21,22)23)17-5-2-14(20)8-24-17/h2-5,7-8,10-12,18H,6,9H2,1H3/t12-,18+/m1/s1. The largest absolute Gasteiger partial charge is 0.401 e. The van der Waals surface area contributed by atoms with E-state index in [0.29, 0.717) is 12.1 Å². The molecule has 0 N–H and O–H groups in total. The second-order valence-corrected chi connectivity index (χ2v) is 7.81. The smallest absolute Gasteiger partial charge is 0.288 e. The first-order valence-electron chi connectivity index (χ1n) is 8.73. The molecule has 0 amide bonds. The Morgan fingerprint density at radius 2 is 1.89 bits per heavy atom. The molecule has 1 aliphatic rings. The Morgan fingerprint density at radius 3 is 2.54 bits per heavy atom. The second kappa shape index (κ2) is 7.29. The monoisotopic (exact) mass is 451 g/mol. The van der Waals surface area contributed by atoms with Gasteiger partial charge in [-0.3, -0.25) is 14.5 Å². The number of pyridine rings is 1. The molecular weight excluding hydrogens is 435 g/mol. The first-order chi connectivity index (χ1) is 13.3. The van der Waals surface area contributed by atoms with Crippen LogP contribution in [0.15, 0.2) is 53.7 Å². The Morgan fingerprint density at radius 1 is 1.14 bits per heavy atom. The van der Waals surface area contributed by atoms with Crippen molar-refractivity contribution in [3.05, 3.63) is 70.5 Å². The average Bonchev–Trinajstić information content (AvgIpc) is 3.17. The normalized spacial score (nSPS) is 20.2. The molecule has 146 valence electrons. The Hall–Kier alpha value is -2.26. The molecule has 2 atom stereocenters. The van der Waals surface area contributed by atoms with E-state index in [-0.39, 0.29) is 6.04 Å². The van der Waals surface area contributed by atoms with Gasteiger partial charge in [0.05, 0.1) is 18.3 Å². The molecule has 5 nitrogen and oxygen atoms in total. The average molecular weight is 452 g/mol. The summed E-state index contributed by atoms with van der Waals surface area (Å²) < 4.78 is 42.5. The highest BCUT2D eigenvalue weighted by atomic mass is 79.9. The molecular formula is C19H17BrF3N5. The summed E-state index contributed by atoms with van der Waals surface area (Å²) in [5.41, 5.74) is 3.32. The zero-order chi connectivity index (χ0) is 19.9. The van der Waals surface area contributed by atoms with Gasteiger partial charge >= 0.3 is 6.18 Å². The van der Waals surface area contributed by atoms with E-state index < -0.39 is 18.8 Å².